The van der Waals surface area contributed by atoms with Crippen LogP contribution in [0.3, 0.4) is 0 Å². The molecule has 37 heavy (non-hydrogen) atoms. The second-order valence-electron chi connectivity index (χ2n) is 8.90. The van der Waals surface area contributed by atoms with E-state index in [1.165, 1.54) is 36.4 Å². The molecule has 0 radical (unpaired) electrons. The first kappa shape index (κ1) is 26.3. The molecule has 0 bridgehead atoms. The Bertz CT molecular complexity index is 1580. The smallest absolute Gasteiger partial charge is 0.321 e. The molecule has 0 aliphatic carbocycles. The van der Waals surface area contributed by atoms with E-state index in [0.717, 1.165) is 12.1 Å². The average Bonchev–Trinajstić information content (AvgIpc) is 3.23. The molecule has 1 amide bonds. The van der Waals surface area contributed by atoms with Gasteiger partial charge in [-0.15, -0.1) is 10.2 Å². The molecule has 194 valence electrons. The molecule has 0 atom stereocenters. The highest BCUT2D eigenvalue weighted by molar-refractivity contribution is 7.92. The van der Waals surface area contributed by atoms with Crippen LogP contribution >= 0.6 is 11.6 Å². The molecule has 1 aromatic carbocycles. The number of benzene rings is 1. The number of halogens is 4. The number of rotatable bonds is 5. The van der Waals surface area contributed by atoms with Crippen molar-refractivity contribution in [2.24, 2.45) is 0 Å². The minimum atomic E-state index is -4.73. The molecule has 3 heterocycles. The molecule has 0 aliphatic rings. The van der Waals surface area contributed by atoms with Crippen molar-refractivity contribution < 1.29 is 26.4 Å². The molecule has 0 spiro atoms. The van der Waals surface area contributed by atoms with E-state index < -0.39 is 33.2 Å². The van der Waals surface area contributed by atoms with Crippen LogP contribution in [0.1, 0.15) is 42.6 Å². The number of hydrogen-bond acceptors (Lipinski definition) is 7. The van der Waals surface area contributed by atoms with Gasteiger partial charge in [-0.3, -0.25) is 9.52 Å². The molecule has 2 N–H and O–H groups in total. The van der Waals surface area contributed by atoms with Gasteiger partial charge in [0.15, 0.2) is 22.3 Å². The fourth-order valence-electron chi connectivity index (χ4n) is 3.15. The molecular weight excluding hydrogens is 535 g/mol. The van der Waals surface area contributed by atoms with Crippen molar-refractivity contribution in [3.63, 3.8) is 0 Å². The van der Waals surface area contributed by atoms with Gasteiger partial charge in [-0.2, -0.15) is 18.3 Å². The lowest BCUT2D eigenvalue weighted by Gasteiger charge is -2.19. The number of fused-ring (bicyclic) bond motifs is 1. The van der Waals surface area contributed by atoms with Crippen molar-refractivity contribution in [3.8, 4) is 0 Å². The van der Waals surface area contributed by atoms with E-state index in [1.54, 1.807) is 20.8 Å². The largest absolute Gasteiger partial charge is 0.433 e. The second-order valence-corrected chi connectivity index (χ2v) is 11.0. The first-order chi connectivity index (χ1) is 17.1. The van der Waals surface area contributed by atoms with Gasteiger partial charge >= 0.3 is 6.18 Å². The van der Waals surface area contributed by atoms with Crippen molar-refractivity contribution in [1.82, 2.24) is 24.8 Å². The van der Waals surface area contributed by atoms with E-state index in [1.807, 2.05) is 0 Å². The van der Waals surface area contributed by atoms with Gasteiger partial charge < -0.3 is 5.32 Å². The number of carbonyl (C=O) groups is 1. The highest BCUT2D eigenvalue weighted by Gasteiger charge is 2.36. The molecule has 4 rings (SSSR count). The summed E-state index contributed by atoms with van der Waals surface area (Å²) < 4.78 is 68.9. The molecule has 0 saturated carbocycles. The third-order valence-electron chi connectivity index (χ3n) is 5.01. The van der Waals surface area contributed by atoms with Gasteiger partial charge in [0.1, 0.15) is 5.69 Å². The van der Waals surface area contributed by atoms with E-state index in [4.69, 9.17) is 11.6 Å². The Morgan fingerprint density at radius 3 is 2.24 bits per heavy atom. The summed E-state index contributed by atoms with van der Waals surface area (Å²) in [5.41, 5.74) is -1.80. The van der Waals surface area contributed by atoms with Crippen LogP contribution < -0.4 is 10.0 Å². The zero-order valence-corrected chi connectivity index (χ0v) is 21.1. The van der Waals surface area contributed by atoms with Crippen LogP contribution in [0.5, 0.6) is 0 Å². The maximum absolute atomic E-state index is 13.7. The van der Waals surface area contributed by atoms with Gasteiger partial charge in [0.05, 0.1) is 10.6 Å². The standard InChI is InChI=1S/C22H19ClF3N7O3S/c1-21(2,3)15-11-16(22(24,25)26)33-19(28-15)10-14(31-33)20(34)27-12-4-6-13(7-5-12)37(35,36)32-18-9-8-17(23)29-30-18/h4-11H,1-3H3,(H,27,34)(H,30,32). The Morgan fingerprint density at radius 1 is 1.00 bits per heavy atom. The summed E-state index contributed by atoms with van der Waals surface area (Å²) in [6.45, 7) is 5.16. The van der Waals surface area contributed by atoms with Crippen molar-refractivity contribution in [1.29, 1.82) is 0 Å². The highest BCUT2D eigenvalue weighted by atomic mass is 35.5. The van der Waals surface area contributed by atoms with Gasteiger partial charge in [-0.25, -0.2) is 17.9 Å². The molecule has 15 heteroatoms. The highest BCUT2D eigenvalue weighted by Crippen LogP contribution is 2.32. The molecule has 0 saturated heterocycles. The Hall–Kier alpha value is -3.78. The minimum absolute atomic E-state index is 0.0462. The molecule has 0 unspecified atom stereocenters. The number of sulfonamides is 1. The summed E-state index contributed by atoms with van der Waals surface area (Å²) in [6.07, 6.45) is -4.73. The summed E-state index contributed by atoms with van der Waals surface area (Å²) in [6, 6.07) is 9.83. The zero-order chi connectivity index (χ0) is 27.2. The van der Waals surface area contributed by atoms with Crippen molar-refractivity contribution in [3.05, 3.63) is 70.8 Å². The van der Waals surface area contributed by atoms with Crippen LogP contribution in [0.2, 0.25) is 5.15 Å². The van der Waals surface area contributed by atoms with Gasteiger partial charge in [0.2, 0.25) is 0 Å². The zero-order valence-electron chi connectivity index (χ0n) is 19.5. The van der Waals surface area contributed by atoms with Crippen molar-refractivity contribution >= 4 is 44.7 Å². The number of carbonyl (C=O) groups excluding carboxylic acids is 1. The van der Waals surface area contributed by atoms with E-state index in [0.29, 0.717) is 4.52 Å². The maximum Gasteiger partial charge on any atom is 0.433 e. The first-order valence-corrected chi connectivity index (χ1v) is 12.4. The average molecular weight is 554 g/mol. The number of hydrogen-bond donors (Lipinski definition) is 2. The van der Waals surface area contributed by atoms with Crippen molar-refractivity contribution in [2.45, 2.75) is 37.3 Å². The van der Waals surface area contributed by atoms with E-state index in [-0.39, 0.29) is 38.6 Å². The second kappa shape index (κ2) is 9.27. The quantitative estimate of drug-likeness (QED) is 0.371. The summed E-state index contributed by atoms with van der Waals surface area (Å²) in [5, 5.41) is 13.5. The molecule has 10 nitrogen and oxygen atoms in total. The summed E-state index contributed by atoms with van der Waals surface area (Å²) in [4.78, 5) is 16.8. The fraction of sp³-hybridized carbons (Fsp3) is 0.227. The van der Waals surface area contributed by atoms with Gasteiger partial charge in [-0.1, -0.05) is 32.4 Å². The summed E-state index contributed by atoms with van der Waals surface area (Å²) in [7, 11) is -4.01. The molecule has 3 aromatic heterocycles. The normalized spacial score (nSPS) is 12.5. The number of nitrogens with zero attached hydrogens (tertiary/aromatic N) is 5. The van der Waals surface area contributed by atoms with Crippen molar-refractivity contribution in [2.75, 3.05) is 10.0 Å². The van der Waals surface area contributed by atoms with Gasteiger partial charge in [0.25, 0.3) is 15.9 Å². The van der Waals surface area contributed by atoms with Crippen LogP contribution in [-0.2, 0) is 21.6 Å². The van der Waals surface area contributed by atoms with Gasteiger partial charge in [-0.05, 0) is 42.5 Å². The Labute approximate surface area is 213 Å². The number of amides is 1. The topological polar surface area (TPSA) is 131 Å². The summed E-state index contributed by atoms with van der Waals surface area (Å²) in [5.74, 6) is -0.851. The molecular formula is C22H19ClF3N7O3S. The Balaban J connectivity index is 1.57. The number of anilines is 2. The van der Waals surface area contributed by atoms with Crippen LogP contribution in [0.25, 0.3) is 5.65 Å². The maximum atomic E-state index is 13.7. The fourth-order valence-corrected chi connectivity index (χ4v) is 4.25. The lowest BCUT2D eigenvalue weighted by atomic mass is 9.91. The first-order valence-electron chi connectivity index (χ1n) is 10.6. The molecule has 0 fully saturated rings. The van der Waals surface area contributed by atoms with Gasteiger partial charge in [0, 0.05) is 17.2 Å². The van der Waals surface area contributed by atoms with Crippen LogP contribution in [-0.4, -0.2) is 39.1 Å². The van der Waals surface area contributed by atoms with Crippen LogP contribution in [0.15, 0.2) is 53.4 Å². The number of aromatic nitrogens is 5. The monoisotopic (exact) mass is 553 g/mol. The lowest BCUT2D eigenvalue weighted by Crippen LogP contribution is -2.20. The van der Waals surface area contributed by atoms with E-state index >= 15 is 0 Å². The third-order valence-corrected chi connectivity index (χ3v) is 6.58. The molecule has 0 aliphatic heterocycles. The predicted octanol–water partition coefficient (Wildman–Crippen LogP) is 4.54. The lowest BCUT2D eigenvalue weighted by molar-refractivity contribution is -0.142. The Morgan fingerprint density at radius 2 is 1.68 bits per heavy atom. The molecule has 4 aromatic rings. The number of alkyl halides is 3. The predicted molar refractivity (Wildman–Crippen MR) is 129 cm³/mol. The number of nitrogens with one attached hydrogen (secondary N) is 2. The SMILES string of the molecule is CC(C)(C)c1cc(C(F)(F)F)n2nc(C(=O)Nc3ccc(S(=O)(=O)Nc4ccc(Cl)nn4)cc3)cc2n1. The Kier molecular flexibility index (Phi) is 6.58. The van der Waals surface area contributed by atoms with E-state index in [2.05, 4.69) is 30.3 Å². The van der Waals surface area contributed by atoms with Crippen LogP contribution in [0, 0.1) is 0 Å². The summed E-state index contributed by atoms with van der Waals surface area (Å²) >= 11 is 5.63. The van der Waals surface area contributed by atoms with E-state index in [9.17, 15) is 26.4 Å². The van der Waals surface area contributed by atoms with Crippen LogP contribution in [0.4, 0.5) is 24.7 Å². The third kappa shape index (κ3) is 5.80. The minimum Gasteiger partial charge on any atom is -0.321 e.